The molecular formula is C18H17N5O5. The van der Waals surface area contributed by atoms with Crippen LogP contribution in [0.25, 0.3) is 5.78 Å². The van der Waals surface area contributed by atoms with Crippen molar-refractivity contribution in [3.8, 4) is 11.5 Å². The number of carbonyl (C=O) groups excluding carboxylic acids is 2. The fraction of sp³-hybridized carbons (Fsp3) is 0.278. The van der Waals surface area contributed by atoms with Gasteiger partial charge >= 0.3 is 5.97 Å². The van der Waals surface area contributed by atoms with Crippen LogP contribution in [0.1, 0.15) is 16.3 Å². The Hall–Kier alpha value is -3.69. The molecule has 2 aromatic heterocycles. The van der Waals surface area contributed by atoms with Crippen LogP contribution in [-0.2, 0) is 9.53 Å². The number of amides is 1. The SMILES string of the molecule is Cc1ccnc2nc(C(=O)OCC(=O)NCC3COc4ccccc4O3)nn12. The van der Waals surface area contributed by atoms with Gasteiger partial charge in [-0.05, 0) is 25.1 Å². The van der Waals surface area contributed by atoms with Crippen molar-refractivity contribution in [3.05, 3.63) is 48.0 Å². The zero-order chi connectivity index (χ0) is 19.5. The van der Waals surface area contributed by atoms with Gasteiger partial charge in [-0.1, -0.05) is 12.1 Å². The van der Waals surface area contributed by atoms with Crippen LogP contribution < -0.4 is 14.8 Å². The van der Waals surface area contributed by atoms with E-state index in [4.69, 9.17) is 14.2 Å². The van der Waals surface area contributed by atoms with Crippen molar-refractivity contribution in [1.29, 1.82) is 0 Å². The highest BCUT2D eigenvalue weighted by atomic mass is 16.6. The average Bonchev–Trinajstić information content (AvgIpc) is 3.16. The number of aryl methyl sites for hydroxylation is 1. The van der Waals surface area contributed by atoms with Crippen LogP contribution in [0.15, 0.2) is 36.5 Å². The highest BCUT2D eigenvalue weighted by Gasteiger charge is 2.22. The molecule has 1 N–H and O–H groups in total. The summed E-state index contributed by atoms with van der Waals surface area (Å²) in [6, 6.07) is 9.04. The summed E-state index contributed by atoms with van der Waals surface area (Å²) in [5.74, 6) is 0.159. The van der Waals surface area contributed by atoms with Crippen LogP contribution in [0.4, 0.5) is 0 Å². The number of aromatic nitrogens is 4. The van der Waals surface area contributed by atoms with Gasteiger partial charge in [0.05, 0.1) is 6.54 Å². The number of nitrogens with one attached hydrogen (secondary N) is 1. The standard InChI is InChI=1S/C18H17N5O5/c1-11-6-7-19-18-21-16(22-23(11)18)17(25)27-10-15(24)20-8-12-9-26-13-4-2-3-5-14(13)28-12/h2-7,12H,8-10H2,1H3,(H,20,24). The van der Waals surface area contributed by atoms with Crippen LogP contribution in [0.5, 0.6) is 11.5 Å². The fourth-order valence-corrected chi connectivity index (χ4v) is 2.63. The molecule has 0 radical (unpaired) electrons. The zero-order valence-electron chi connectivity index (χ0n) is 15.0. The Morgan fingerprint density at radius 2 is 2.11 bits per heavy atom. The number of carbonyl (C=O) groups is 2. The molecule has 0 bridgehead atoms. The predicted molar refractivity (Wildman–Crippen MR) is 95.2 cm³/mol. The number of esters is 1. The summed E-state index contributed by atoms with van der Waals surface area (Å²) in [6.45, 7) is 1.89. The van der Waals surface area contributed by atoms with Crippen LogP contribution in [0.2, 0.25) is 0 Å². The molecule has 3 aromatic rings. The second kappa shape index (κ2) is 7.51. The van der Waals surface area contributed by atoms with E-state index < -0.39 is 18.5 Å². The second-order valence-corrected chi connectivity index (χ2v) is 6.11. The number of hydrogen-bond acceptors (Lipinski definition) is 8. The van der Waals surface area contributed by atoms with Crippen molar-refractivity contribution in [2.75, 3.05) is 19.8 Å². The number of nitrogens with zero attached hydrogens (tertiary/aromatic N) is 4. The molecule has 1 unspecified atom stereocenters. The topological polar surface area (TPSA) is 117 Å². The van der Waals surface area contributed by atoms with Gasteiger partial charge in [0.15, 0.2) is 18.1 Å². The summed E-state index contributed by atoms with van der Waals surface area (Å²) in [4.78, 5) is 32.0. The van der Waals surface area contributed by atoms with Gasteiger partial charge in [-0.2, -0.15) is 4.98 Å². The monoisotopic (exact) mass is 383 g/mol. The van der Waals surface area contributed by atoms with Crippen molar-refractivity contribution < 1.29 is 23.8 Å². The first-order chi connectivity index (χ1) is 13.6. The highest BCUT2D eigenvalue weighted by molar-refractivity contribution is 5.88. The molecule has 0 fully saturated rings. The molecule has 4 rings (SSSR count). The zero-order valence-corrected chi connectivity index (χ0v) is 15.0. The summed E-state index contributed by atoms with van der Waals surface area (Å²) in [5, 5.41) is 6.68. The van der Waals surface area contributed by atoms with E-state index in [1.807, 2.05) is 18.2 Å². The smallest absolute Gasteiger partial charge is 0.378 e. The molecule has 0 saturated carbocycles. The molecule has 0 saturated heterocycles. The molecular weight excluding hydrogens is 366 g/mol. The number of ether oxygens (including phenoxy) is 3. The van der Waals surface area contributed by atoms with Crippen molar-refractivity contribution in [1.82, 2.24) is 24.9 Å². The summed E-state index contributed by atoms with van der Waals surface area (Å²) >= 11 is 0. The molecule has 10 heteroatoms. The maximum absolute atomic E-state index is 12.1. The van der Waals surface area contributed by atoms with Crippen LogP contribution in [0, 0.1) is 6.92 Å². The second-order valence-electron chi connectivity index (χ2n) is 6.11. The lowest BCUT2D eigenvalue weighted by Crippen LogP contribution is -2.42. The fourth-order valence-electron chi connectivity index (χ4n) is 2.63. The molecule has 3 heterocycles. The number of hydrogen-bond donors (Lipinski definition) is 1. The minimum atomic E-state index is -0.800. The van der Waals surface area contributed by atoms with E-state index in [0.29, 0.717) is 18.1 Å². The predicted octanol–water partition coefficient (Wildman–Crippen LogP) is 0.546. The highest BCUT2D eigenvalue weighted by Crippen LogP contribution is 2.30. The van der Waals surface area contributed by atoms with Crippen molar-refractivity contribution in [3.63, 3.8) is 0 Å². The number of para-hydroxylation sites is 2. The molecule has 0 aliphatic carbocycles. The lowest BCUT2D eigenvalue weighted by Gasteiger charge is -2.26. The maximum Gasteiger partial charge on any atom is 0.378 e. The van der Waals surface area contributed by atoms with E-state index in [9.17, 15) is 9.59 Å². The van der Waals surface area contributed by atoms with Crippen LogP contribution >= 0.6 is 0 Å². The minimum absolute atomic E-state index is 0.157. The largest absolute Gasteiger partial charge is 0.486 e. The number of fused-ring (bicyclic) bond motifs is 2. The first-order valence-corrected chi connectivity index (χ1v) is 8.61. The van der Waals surface area contributed by atoms with Gasteiger partial charge in [0, 0.05) is 11.9 Å². The van der Waals surface area contributed by atoms with Gasteiger partial charge in [-0.25, -0.2) is 14.3 Å². The summed E-state index contributed by atoms with van der Waals surface area (Å²) in [5.41, 5.74) is 0.769. The normalized spacial score (nSPS) is 15.2. The molecule has 0 spiro atoms. The third kappa shape index (κ3) is 3.70. The third-order valence-corrected chi connectivity index (χ3v) is 4.04. The third-order valence-electron chi connectivity index (χ3n) is 4.04. The first-order valence-electron chi connectivity index (χ1n) is 8.61. The molecule has 1 atom stereocenters. The van der Waals surface area contributed by atoms with Crippen molar-refractivity contribution in [2.45, 2.75) is 13.0 Å². The van der Waals surface area contributed by atoms with Crippen molar-refractivity contribution in [2.24, 2.45) is 0 Å². The van der Waals surface area contributed by atoms with E-state index in [1.54, 1.807) is 25.3 Å². The Labute approximate surface area is 159 Å². The molecule has 144 valence electrons. The Bertz CT molecular complexity index is 1030. The molecule has 1 amide bonds. The van der Waals surface area contributed by atoms with Gasteiger partial charge in [0.25, 0.3) is 17.5 Å². The van der Waals surface area contributed by atoms with Gasteiger partial charge in [-0.15, -0.1) is 5.10 Å². The van der Waals surface area contributed by atoms with E-state index >= 15 is 0 Å². The first kappa shape index (κ1) is 17.7. The molecule has 10 nitrogen and oxygen atoms in total. The van der Waals surface area contributed by atoms with E-state index in [2.05, 4.69) is 20.4 Å². The molecule has 28 heavy (non-hydrogen) atoms. The van der Waals surface area contributed by atoms with Gasteiger partial charge in [0.2, 0.25) is 0 Å². The van der Waals surface area contributed by atoms with E-state index in [-0.39, 0.29) is 24.3 Å². The van der Waals surface area contributed by atoms with Crippen LogP contribution in [0.3, 0.4) is 0 Å². The van der Waals surface area contributed by atoms with Gasteiger partial charge in [-0.3, -0.25) is 4.79 Å². The Morgan fingerprint density at radius 3 is 2.93 bits per heavy atom. The van der Waals surface area contributed by atoms with E-state index in [0.717, 1.165) is 5.69 Å². The minimum Gasteiger partial charge on any atom is -0.486 e. The van der Waals surface area contributed by atoms with E-state index in [1.165, 1.54) is 4.52 Å². The van der Waals surface area contributed by atoms with Crippen molar-refractivity contribution >= 4 is 17.7 Å². The van der Waals surface area contributed by atoms with Gasteiger partial charge in [0.1, 0.15) is 12.7 Å². The Balaban J connectivity index is 1.26. The Morgan fingerprint density at radius 1 is 1.29 bits per heavy atom. The lowest BCUT2D eigenvalue weighted by atomic mass is 10.2. The summed E-state index contributed by atoms with van der Waals surface area (Å²) in [6.07, 6.45) is 1.24. The lowest BCUT2D eigenvalue weighted by molar-refractivity contribution is -0.124. The van der Waals surface area contributed by atoms with Crippen LogP contribution in [-0.4, -0.2) is 57.3 Å². The summed E-state index contributed by atoms with van der Waals surface area (Å²) in [7, 11) is 0. The quantitative estimate of drug-likeness (QED) is 0.635. The molecule has 1 aliphatic rings. The summed E-state index contributed by atoms with van der Waals surface area (Å²) < 4.78 is 17.7. The molecule has 1 aliphatic heterocycles. The number of rotatable bonds is 5. The maximum atomic E-state index is 12.1. The Kier molecular flexibility index (Phi) is 4.75. The molecule has 1 aromatic carbocycles. The number of benzene rings is 1. The average molecular weight is 383 g/mol. The van der Waals surface area contributed by atoms with Gasteiger partial charge < -0.3 is 19.5 Å².